The molecule has 126 valence electrons. The van der Waals surface area contributed by atoms with Gasteiger partial charge in [0.15, 0.2) is 0 Å². The van der Waals surface area contributed by atoms with Gasteiger partial charge in [0.1, 0.15) is 5.75 Å². The summed E-state index contributed by atoms with van der Waals surface area (Å²) in [5.41, 5.74) is 2.67. The first-order valence-corrected chi connectivity index (χ1v) is 9.24. The number of para-hydroxylation sites is 1. The van der Waals surface area contributed by atoms with Crippen LogP contribution in [0.2, 0.25) is 0 Å². The number of nitriles is 1. The minimum Gasteiger partial charge on any atom is -0.329 e. The molecule has 0 bridgehead atoms. The van der Waals surface area contributed by atoms with Gasteiger partial charge in [-0.1, -0.05) is 30.3 Å². The van der Waals surface area contributed by atoms with Gasteiger partial charge in [0.2, 0.25) is 10.0 Å². The summed E-state index contributed by atoms with van der Waals surface area (Å²) in [5.74, 6) is -0.168. The zero-order valence-corrected chi connectivity index (χ0v) is 14.1. The quantitative estimate of drug-likeness (QED) is 0.739. The molecule has 1 heterocycles. The fourth-order valence-corrected chi connectivity index (χ4v) is 3.61. The van der Waals surface area contributed by atoms with E-state index in [9.17, 15) is 8.42 Å². The number of sulfonamides is 1. The average Bonchev–Trinajstić information content (AvgIpc) is 3.02. The van der Waals surface area contributed by atoms with E-state index in [1.165, 1.54) is 0 Å². The molecule has 0 aliphatic carbocycles. The molecule has 0 aliphatic heterocycles. The first-order valence-electron chi connectivity index (χ1n) is 7.59. The third-order valence-electron chi connectivity index (χ3n) is 3.62. The molecule has 0 fully saturated rings. The minimum atomic E-state index is -3.54. The highest BCUT2D eigenvalue weighted by atomic mass is 32.2. The molecule has 25 heavy (non-hydrogen) atoms. The van der Waals surface area contributed by atoms with Crippen molar-refractivity contribution in [3.63, 3.8) is 0 Å². The fourth-order valence-electron chi connectivity index (χ4n) is 2.41. The molecule has 0 radical (unpaired) electrons. The average molecular weight is 352 g/mol. The van der Waals surface area contributed by atoms with Crippen molar-refractivity contribution in [3.8, 4) is 6.07 Å². The first kappa shape index (κ1) is 16.7. The van der Waals surface area contributed by atoms with Crippen molar-refractivity contribution >= 4 is 15.7 Å². The van der Waals surface area contributed by atoms with E-state index in [1.807, 2.05) is 18.2 Å². The lowest BCUT2D eigenvalue weighted by Gasteiger charge is -2.11. The normalized spacial score (nSPS) is 11.0. The van der Waals surface area contributed by atoms with E-state index in [2.05, 4.69) is 15.8 Å². The van der Waals surface area contributed by atoms with Crippen molar-refractivity contribution in [2.75, 3.05) is 4.72 Å². The van der Waals surface area contributed by atoms with Crippen molar-refractivity contribution in [1.82, 2.24) is 9.55 Å². The number of hydrogen-bond acceptors (Lipinski definition) is 4. The number of hydrogen-bond donors (Lipinski definition) is 1. The SMILES string of the molecule is N#Cc1ccc(Cn2cncc2CS(=O)(=O)Nc2ccccc2)cc1. The van der Waals surface area contributed by atoms with Crippen molar-refractivity contribution in [1.29, 1.82) is 5.26 Å². The molecule has 1 aromatic heterocycles. The van der Waals surface area contributed by atoms with Crippen molar-refractivity contribution in [2.24, 2.45) is 0 Å². The maximum atomic E-state index is 12.4. The molecule has 0 amide bonds. The summed E-state index contributed by atoms with van der Waals surface area (Å²) in [4.78, 5) is 4.06. The van der Waals surface area contributed by atoms with E-state index < -0.39 is 10.0 Å². The minimum absolute atomic E-state index is 0.168. The third-order valence-corrected chi connectivity index (χ3v) is 4.84. The van der Waals surface area contributed by atoms with Gasteiger partial charge in [0.05, 0.1) is 23.7 Å². The van der Waals surface area contributed by atoms with Gasteiger partial charge in [0.25, 0.3) is 0 Å². The lowest BCUT2D eigenvalue weighted by atomic mass is 10.1. The van der Waals surface area contributed by atoms with Gasteiger partial charge in [-0.25, -0.2) is 13.4 Å². The summed E-state index contributed by atoms with van der Waals surface area (Å²) in [6.07, 6.45) is 3.15. The van der Waals surface area contributed by atoms with Gasteiger partial charge in [-0.05, 0) is 29.8 Å². The smallest absolute Gasteiger partial charge is 0.238 e. The van der Waals surface area contributed by atoms with Crippen LogP contribution in [0.15, 0.2) is 67.1 Å². The number of aromatic nitrogens is 2. The van der Waals surface area contributed by atoms with Crippen molar-refractivity contribution in [2.45, 2.75) is 12.3 Å². The Hall–Kier alpha value is -3.11. The Morgan fingerprint density at radius 1 is 1.08 bits per heavy atom. The highest BCUT2D eigenvalue weighted by Crippen LogP contribution is 2.14. The summed E-state index contributed by atoms with van der Waals surface area (Å²) in [6, 6.07) is 18.0. The number of imidazole rings is 1. The predicted molar refractivity (Wildman–Crippen MR) is 95.2 cm³/mol. The number of anilines is 1. The lowest BCUT2D eigenvalue weighted by molar-refractivity contribution is 0.598. The largest absolute Gasteiger partial charge is 0.329 e. The zero-order chi connectivity index (χ0) is 17.7. The van der Waals surface area contributed by atoms with Gasteiger partial charge >= 0.3 is 0 Å². The zero-order valence-electron chi connectivity index (χ0n) is 13.3. The molecule has 1 N–H and O–H groups in total. The summed E-state index contributed by atoms with van der Waals surface area (Å²) < 4.78 is 29.1. The number of rotatable bonds is 6. The Bertz CT molecular complexity index is 988. The second kappa shape index (κ2) is 7.20. The molecule has 0 saturated heterocycles. The molecular formula is C18H16N4O2S. The maximum absolute atomic E-state index is 12.4. The van der Waals surface area contributed by atoms with Gasteiger partial charge < -0.3 is 4.57 Å². The molecular weight excluding hydrogens is 336 g/mol. The summed E-state index contributed by atoms with van der Waals surface area (Å²) in [6.45, 7) is 0.488. The van der Waals surface area contributed by atoms with Crippen LogP contribution >= 0.6 is 0 Å². The Labute approximate surface area is 146 Å². The Balaban J connectivity index is 1.73. The highest BCUT2D eigenvalue weighted by molar-refractivity contribution is 7.91. The van der Waals surface area contributed by atoms with Crippen LogP contribution in [0.25, 0.3) is 0 Å². The standard InChI is InChI=1S/C18H16N4O2S/c19-10-15-6-8-16(9-7-15)12-22-14-20-11-18(22)13-25(23,24)21-17-4-2-1-3-5-17/h1-9,11,14,21H,12-13H2. The molecule has 3 aromatic rings. The van der Waals surface area contributed by atoms with Crippen molar-refractivity contribution in [3.05, 3.63) is 83.9 Å². The van der Waals surface area contributed by atoms with Crippen LogP contribution in [0.1, 0.15) is 16.8 Å². The molecule has 0 unspecified atom stereocenters. The molecule has 2 aromatic carbocycles. The van der Waals surface area contributed by atoms with Crippen LogP contribution in [-0.4, -0.2) is 18.0 Å². The van der Waals surface area contributed by atoms with E-state index in [0.717, 1.165) is 5.56 Å². The molecule has 6 nitrogen and oxygen atoms in total. The van der Waals surface area contributed by atoms with Gasteiger partial charge in [-0.2, -0.15) is 5.26 Å². The van der Waals surface area contributed by atoms with E-state index in [0.29, 0.717) is 23.5 Å². The van der Waals surface area contributed by atoms with Crippen LogP contribution in [0.5, 0.6) is 0 Å². The molecule has 0 spiro atoms. The molecule has 7 heteroatoms. The predicted octanol–water partition coefficient (Wildman–Crippen LogP) is 2.74. The van der Waals surface area contributed by atoms with Crippen LogP contribution in [-0.2, 0) is 22.3 Å². The topological polar surface area (TPSA) is 87.8 Å². The fraction of sp³-hybridized carbons (Fsp3) is 0.111. The van der Waals surface area contributed by atoms with E-state index in [-0.39, 0.29) is 5.75 Å². The van der Waals surface area contributed by atoms with Gasteiger partial charge in [-0.3, -0.25) is 4.72 Å². The van der Waals surface area contributed by atoms with Crippen LogP contribution in [0, 0.1) is 11.3 Å². The summed E-state index contributed by atoms with van der Waals surface area (Å²) in [5, 5.41) is 8.84. The van der Waals surface area contributed by atoms with E-state index >= 15 is 0 Å². The second-order valence-corrected chi connectivity index (χ2v) is 7.27. The van der Waals surface area contributed by atoms with Crippen LogP contribution in [0.4, 0.5) is 5.69 Å². The molecule has 0 saturated carbocycles. The second-order valence-electron chi connectivity index (χ2n) is 5.55. The summed E-state index contributed by atoms with van der Waals surface area (Å²) in [7, 11) is -3.54. The Kier molecular flexibility index (Phi) is 4.82. The Morgan fingerprint density at radius 3 is 2.48 bits per heavy atom. The molecule has 3 rings (SSSR count). The van der Waals surface area contributed by atoms with E-state index in [4.69, 9.17) is 5.26 Å². The first-order chi connectivity index (χ1) is 12.1. The van der Waals surface area contributed by atoms with Crippen molar-refractivity contribution < 1.29 is 8.42 Å². The number of nitrogens with one attached hydrogen (secondary N) is 1. The van der Waals surface area contributed by atoms with Gasteiger partial charge in [-0.15, -0.1) is 0 Å². The lowest BCUT2D eigenvalue weighted by Crippen LogP contribution is -2.17. The highest BCUT2D eigenvalue weighted by Gasteiger charge is 2.15. The summed E-state index contributed by atoms with van der Waals surface area (Å²) >= 11 is 0. The van der Waals surface area contributed by atoms with E-state index in [1.54, 1.807) is 53.5 Å². The molecule has 0 aliphatic rings. The van der Waals surface area contributed by atoms with Crippen LogP contribution < -0.4 is 4.72 Å². The maximum Gasteiger partial charge on any atom is 0.238 e. The monoisotopic (exact) mass is 352 g/mol. The molecule has 0 atom stereocenters. The third kappa shape index (κ3) is 4.46. The number of benzene rings is 2. The van der Waals surface area contributed by atoms with Gasteiger partial charge in [0, 0.05) is 18.4 Å². The Morgan fingerprint density at radius 2 is 1.80 bits per heavy atom. The number of nitrogens with zero attached hydrogens (tertiary/aromatic N) is 3. The van der Waals surface area contributed by atoms with Crippen LogP contribution in [0.3, 0.4) is 0 Å².